The summed E-state index contributed by atoms with van der Waals surface area (Å²) in [5.41, 5.74) is 0.740. The Bertz CT molecular complexity index is 753. The Labute approximate surface area is 130 Å². The van der Waals surface area contributed by atoms with Crippen molar-refractivity contribution in [2.45, 2.75) is 32.7 Å². The molecule has 1 aliphatic heterocycles. The van der Waals surface area contributed by atoms with Gasteiger partial charge in [0.15, 0.2) is 11.5 Å². The van der Waals surface area contributed by atoms with E-state index in [-0.39, 0.29) is 6.04 Å². The molecule has 22 heavy (non-hydrogen) atoms. The van der Waals surface area contributed by atoms with Crippen molar-refractivity contribution in [2.75, 3.05) is 19.6 Å². The van der Waals surface area contributed by atoms with Crippen molar-refractivity contribution in [1.82, 2.24) is 23.2 Å². The van der Waals surface area contributed by atoms with Crippen LogP contribution in [0.3, 0.4) is 0 Å². The highest BCUT2D eigenvalue weighted by molar-refractivity contribution is 7.86. The molecule has 1 fully saturated rings. The van der Waals surface area contributed by atoms with Gasteiger partial charge in [0.25, 0.3) is 10.2 Å². The fourth-order valence-corrected chi connectivity index (χ4v) is 4.89. The molecule has 0 spiro atoms. The van der Waals surface area contributed by atoms with Crippen LogP contribution in [0.25, 0.3) is 5.65 Å². The molecule has 1 aliphatic rings. The first-order valence-electron chi connectivity index (χ1n) is 7.66. The standard InChI is InChI=1S/C14H21N5O2S/c1-3-17(4-2)22(20,21)19-11-7-8-12(19)14-16-15-13-9-5-6-10-18(13)14/h5-6,9-10,12H,3-4,7-8,11H2,1-2H3/t12-/m1/s1. The van der Waals surface area contributed by atoms with Crippen LogP contribution in [0, 0.1) is 0 Å². The monoisotopic (exact) mass is 323 g/mol. The van der Waals surface area contributed by atoms with Crippen molar-refractivity contribution in [3.63, 3.8) is 0 Å². The van der Waals surface area contributed by atoms with E-state index < -0.39 is 10.2 Å². The SMILES string of the molecule is CCN(CC)S(=O)(=O)N1CCC[C@@H]1c1nnc2ccccn12. The summed E-state index contributed by atoms with van der Waals surface area (Å²) in [5.74, 6) is 0.698. The van der Waals surface area contributed by atoms with Crippen LogP contribution in [0.5, 0.6) is 0 Å². The molecule has 0 radical (unpaired) electrons. The van der Waals surface area contributed by atoms with Gasteiger partial charge in [-0.05, 0) is 25.0 Å². The van der Waals surface area contributed by atoms with Gasteiger partial charge in [-0.15, -0.1) is 10.2 Å². The Morgan fingerprint density at radius 1 is 1.27 bits per heavy atom. The molecule has 3 rings (SSSR count). The Kier molecular flexibility index (Phi) is 4.16. The summed E-state index contributed by atoms with van der Waals surface area (Å²) in [7, 11) is -3.46. The molecular weight excluding hydrogens is 302 g/mol. The second-order valence-corrected chi connectivity index (χ2v) is 7.23. The van der Waals surface area contributed by atoms with E-state index in [1.165, 1.54) is 4.31 Å². The minimum atomic E-state index is -3.46. The maximum absolute atomic E-state index is 12.8. The molecule has 3 heterocycles. The smallest absolute Gasteiger partial charge is 0.282 e. The summed E-state index contributed by atoms with van der Waals surface area (Å²) in [6.07, 6.45) is 3.49. The van der Waals surface area contributed by atoms with Gasteiger partial charge >= 0.3 is 0 Å². The zero-order valence-electron chi connectivity index (χ0n) is 12.9. The summed E-state index contributed by atoms with van der Waals surface area (Å²) >= 11 is 0. The molecule has 2 aromatic heterocycles. The summed E-state index contributed by atoms with van der Waals surface area (Å²) in [6.45, 7) is 5.20. The third-order valence-electron chi connectivity index (χ3n) is 4.17. The summed E-state index contributed by atoms with van der Waals surface area (Å²) in [5, 5.41) is 8.38. The lowest BCUT2D eigenvalue weighted by Gasteiger charge is -2.28. The van der Waals surface area contributed by atoms with Crippen LogP contribution >= 0.6 is 0 Å². The van der Waals surface area contributed by atoms with E-state index in [1.54, 1.807) is 4.31 Å². The average molecular weight is 323 g/mol. The first-order valence-corrected chi connectivity index (χ1v) is 9.05. The summed E-state index contributed by atoms with van der Waals surface area (Å²) in [4.78, 5) is 0. The zero-order chi connectivity index (χ0) is 15.7. The van der Waals surface area contributed by atoms with Crippen LogP contribution in [0.1, 0.15) is 38.6 Å². The third kappa shape index (κ3) is 2.41. The lowest BCUT2D eigenvalue weighted by atomic mass is 10.2. The van der Waals surface area contributed by atoms with Crippen LogP contribution in [-0.4, -0.2) is 51.3 Å². The van der Waals surface area contributed by atoms with Gasteiger partial charge in [0.1, 0.15) is 0 Å². The van der Waals surface area contributed by atoms with Gasteiger partial charge in [-0.2, -0.15) is 17.0 Å². The van der Waals surface area contributed by atoms with Crippen molar-refractivity contribution >= 4 is 15.9 Å². The van der Waals surface area contributed by atoms with Crippen LogP contribution in [-0.2, 0) is 10.2 Å². The third-order valence-corrected chi connectivity index (χ3v) is 6.37. The van der Waals surface area contributed by atoms with E-state index >= 15 is 0 Å². The summed E-state index contributed by atoms with van der Waals surface area (Å²) < 4.78 is 30.6. The Balaban J connectivity index is 2.00. The highest BCUT2D eigenvalue weighted by Gasteiger charge is 2.40. The van der Waals surface area contributed by atoms with Crippen LogP contribution in [0.15, 0.2) is 24.4 Å². The normalized spacial score (nSPS) is 20.2. The van der Waals surface area contributed by atoms with E-state index in [9.17, 15) is 8.42 Å². The molecular formula is C14H21N5O2S. The molecule has 8 heteroatoms. The fraction of sp³-hybridized carbons (Fsp3) is 0.571. The van der Waals surface area contributed by atoms with Crippen molar-refractivity contribution < 1.29 is 8.42 Å². The number of pyridine rings is 1. The predicted molar refractivity (Wildman–Crippen MR) is 83.5 cm³/mol. The van der Waals surface area contributed by atoms with Gasteiger partial charge in [0, 0.05) is 25.8 Å². The molecule has 0 bridgehead atoms. The molecule has 0 saturated carbocycles. The molecule has 1 atom stereocenters. The maximum atomic E-state index is 12.8. The van der Waals surface area contributed by atoms with Gasteiger partial charge in [0.2, 0.25) is 0 Å². The molecule has 7 nitrogen and oxygen atoms in total. The Morgan fingerprint density at radius 3 is 2.77 bits per heavy atom. The van der Waals surface area contributed by atoms with Crippen LogP contribution < -0.4 is 0 Å². The molecule has 0 N–H and O–H groups in total. The first-order chi connectivity index (χ1) is 10.6. The van der Waals surface area contributed by atoms with Gasteiger partial charge in [-0.1, -0.05) is 19.9 Å². The minimum absolute atomic E-state index is 0.247. The van der Waals surface area contributed by atoms with Crippen LogP contribution in [0.4, 0.5) is 0 Å². The minimum Gasteiger partial charge on any atom is -0.285 e. The lowest BCUT2D eigenvalue weighted by Crippen LogP contribution is -2.43. The van der Waals surface area contributed by atoms with E-state index in [4.69, 9.17) is 0 Å². The zero-order valence-corrected chi connectivity index (χ0v) is 13.7. The maximum Gasteiger partial charge on any atom is 0.282 e. The number of fused-ring (bicyclic) bond motifs is 1. The second kappa shape index (κ2) is 5.94. The molecule has 0 aliphatic carbocycles. The van der Waals surface area contributed by atoms with E-state index in [1.807, 2.05) is 42.6 Å². The highest BCUT2D eigenvalue weighted by Crippen LogP contribution is 2.34. The first kappa shape index (κ1) is 15.4. The largest absolute Gasteiger partial charge is 0.285 e. The van der Waals surface area contributed by atoms with Crippen molar-refractivity contribution in [3.8, 4) is 0 Å². The van der Waals surface area contributed by atoms with Crippen molar-refractivity contribution in [3.05, 3.63) is 30.2 Å². The van der Waals surface area contributed by atoms with Gasteiger partial charge < -0.3 is 0 Å². The average Bonchev–Trinajstić information content (AvgIpc) is 3.14. The van der Waals surface area contributed by atoms with E-state index in [0.717, 1.165) is 18.5 Å². The van der Waals surface area contributed by atoms with Gasteiger partial charge in [0.05, 0.1) is 6.04 Å². The second-order valence-electron chi connectivity index (χ2n) is 5.35. The summed E-state index contributed by atoms with van der Waals surface area (Å²) in [6, 6.07) is 5.42. The predicted octanol–water partition coefficient (Wildman–Crippen LogP) is 1.45. The number of rotatable bonds is 5. The Hall–Kier alpha value is -1.51. The molecule has 0 aromatic carbocycles. The molecule has 2 aromatic rings. The molecule has 0 amide bonds. The number of hydrogen-bond acceptors (Lipinski definition) is 4. The molecule has 1 saturated heterocycles. The number of nitrogens with zero attached hydrogens (tertiary/aromatic N) is 5. The molecule has 0 unspecified atom stereocenters. The Morgan fingerprint density at radius 2 is 2.05 bits per heavy atom. The quantitative estimate of drug-likeness (QED) is 0.835. The van der Waals surface area contributed by atoms with E-state index in [2.05, 4.69) is 10.2 Å². The van der Waals surface area contributed by atoms with Gasteiger partial charge in [-0.25, -0.2) is 0 Å². The molecule has 120 valence electrons. The van der Waals surface area contributed by atoms with Crippen molar-refractivity contribution in [2.24, 2.45) is 0 Å². The van der Waals surface area contributed by atoms with Crippen molar-refractivity contribution in [1.29, 1.82) is 0 Å². The van der Waals surface area contributed by atoms with E-state index in [0.29, 0.717) is 25.5 Å². The number of aromatic nitrogens is 3. The number of hydrogen-bond donors (Lipinski definition) is 0. The lowest BCUT2D eigenvalue weighted by molar-refractivity contribution is 0.330. The van der Waals surface area contributed by atoms with Gasteiger partial charge in [-0.3, -0.25) is 4.40 Å². The fourth-order valence-electron chi connectivity index (χ4n) is 3.06. The topological polar surface area (TPSA) is 70.8 Å². The highest BCUT2D eigenvalue weighted by atomic mass is 32.2. The van der Waals surface area contributed by atoms with Crippen LogP contribution in [0.2, 0.25) is 0 Å².